The third-order valence-electron chi connectivity index (χ3n) is 5.82. The number of rotatable bonds is 8. The van der Waals surface area contributed by atoms with Gasteiger partial charge in [0.1, 0.15) is 11.6 Å². The van der Waals surface area contributed by atoms with E-state index in [1.54, 1.807) is 30.0 Å². The summed E-state index contributed by atoms with van der Waals surface area (Å²) in [5.74, 6) is -3.58. The van der Waals surface area contributed by atoms with Gasteiger partial charge in [0.2, 0.25) is 0 Å². The van der Waals surface area contributed by atoms with Gasteiger partial charge in [0.15, 0.2) is 0 Å². The van der Waals surface area contributed by atoms with Gasteiger partial charge >= 0.3 is 5.97 Å². The molecule has 0 aromatic heterocycles. The first kappa shape index (κ1) is 25.4. The summed E-state index contributed by atoms with van der Waals surface area (Å²) in [6.45, 7) is 2.72. The first-order valence-electron chi connectivity index (χ1n) is 10.9. The monoisotopic (exact) mass is 493 g/mol. The molecule has 2 amide bonds. The lowest BCUT2D eigenvalue weighted by Crippen LogP contribution is -2.36. The molecule has 182 valence electrons. The number of benzene rings is 2. The number of nitrogens with zero attached hydrogens (tertiary/aromatic N) is 1. The predicted octanol–water partition coefficient (Wildman–Crippen LogP) is 3.78. The number of aryl methyl sites for hydroxylation is 1. The van der Waals surface area contributed by atoms with E-state index in [0.29, 0.717) is 36.5 Å². The summed E-state index contributed by atoms with van der Waals surface area (Å²) in [6.07, 6.45) is 1.19. The second kappa shape index (κ2) is 11.3. The van der Waals surface area contributed by atoms with Crippen molar-refractivity contribution in [3.63, 3.8) is 0 Å². The molecular formula is C24H26ClF2N3O4. The molecule has 1 aliphatic rings. The number of hydrogen-bond acceptors (Lipinski definition) is 4. The van der Waals surface area contributed by atoms with Gasteiger partial charge in [-0.3, -0.25) is 14.4 Å². The highest BCUT2D eigenvalue weighted by molar-refractivity contribution is 6.31. The molecule has 0 aliphatic carbocycles. The molecule has 0 saturated carbocycles. The van der Waals surface area contributed by atoms with Gasteiger partial charge in [-0.15, -0.1) is 0 Å². The maximum Gasteiger partial charge on any atom is 0.303 e. The molecule has 0 radical (unpaired) electrons. The first-order chi connectivity index (χ1) is 16.2. The number of carboxylic acids is 1. The Kier molecular flexibility index (Phi) is 8.44. The molecular weight excluding hydrogens is 468 g/mol. The number of nitrogens with one attached hydrogen (secondary N) is 2. The zero-order valence-corrected chi connectivity index (χ0v) is 19.4. The van der Waals surface area contributed by atoms with Crippen molar-refractivity contribution in [2.24, 2.45) is 5.92 Å². The van der Waals surface area contributed by atoms with Crippen LogP contribution in [0.2, 0.25) is 5.02 Å². The lowest BCUT2D eigenvalue weighted by molar-refractivity contribution is -0.138. The predicted molar refractivity (Wildman–Crippen MR) is 124 cm³/mol. The van der Waals surface area contributed by atoms with Crippen molar-refractivity contribution >= 4 is 35.1 Å². The molecule has 1 aliphatic heterocycles. The summed E-state index contributed by atoms with van der Waals surface area (Å²) in [6, 6.07) is 6.69. The minimum atomic E-state index is -0.870. The van der Waals surface area contributed by atoms with E-state index < -0.39 is 29.1 Å². The van der Waals surface area contributed by atoms with Gasteiger partial charge in [0.25, 0.3) is 11.8 Å². The van der Waals surface area contributed by atoms with Crippen molar-refractivity contribution in [1.29, 1.82) is 0 Å². The van der Waals surface area contributed by atoms with Crippen molar-refractivity contribution < 1.29 is 28.3 Å². The van der Waals surface area contributed by atoms with Crippen molar-refractivity contribution in [3.05, 3.63) is 63.7 Å². The topological polar surface area (TPSA) is 98.7 Å². The van der Waals surface area contributed by atoms with E-state index in [2.05, 4.69) is 10.6 Å². The molecule has 3 N–H and O–H groups in total. The SMILES string of the molecule is Cc1cc(C(=O)NCCNC(=O)c2cc(F)c(N3CCC(CC(=O)O)CC3)cc2F)ccc1Cl. The van der Waals surface area contributed by atoms with Gasteiger partial charge in [-0.1, -0.05) is 11.6 Å². The van der Waals surface area contributed by atoms with Gasteiger partial charge < -0.3 is 20.6 Å². The second-order valence-corrected chi connectivity index (χ2v) is 8.69. The second-order valence-electron chi connectivity index (χ2n) is 8.29. The normalized spacial score (nSPS) is 14.1. The van der Waals surface area contributed by atoms with E-state index in [4.69, 9.17) is 16.7 Å². The standard InChI is InChI=1S/C24H26ClF2N3O4/c1-14-10-16(2-3-18(14)25)23(33)28-6-7-29-24(34)17-12-20(27)21(13-19(17)26)30-8-4-15(5-9-30)11-22(31)32/h2-3,10,12-13,15H,4-9,11H2,1H3,(H,28,33)(H,29,34)(H,31,32). The average Bonchev–Trinajstić information content (AvgIpc) is 2.79. The van der Waals surface area contributed by atoms with Gasteiger partial charge in [-0.2, -0.15) is 0 Å². The van der Waals surface area contributed by atoms with Gasteiger partial charge in [0.05, 0.1) is 11.3 Å². The molecule has 0 atom stereocenters. The van der Waals surface area contributed by atoms with E-state index in [1.807, 2.05) is 0 Å². The van der Waals surface area contributed by atoms with E-state index in [9.17, 15) is 23.2 Å². The molecule has 1 saturated heterocycles. The fourth-order valence-corrected chi connectivity index (χ4v) is 4.03. The number of anilines is 1. The summed E-state index contributed by atoms with van der Waals surface area (Å²) in [7, 11) is 0. The van der Waals surface area contributed by atoms with Crippen molar-refractivity contribution in [2.75, 3.05) is 31.1 Å². The van der Waals surface area contributed by atoms with Crippen molar-refractivity contribution in [1.82, 2.24) is 10.6 Å². The number of amides is 2. The Bertz CT molecular complexity index is 1090. The number of halogens is 3. The van der Waals surface area contributed by atoms with Crippen LogP contribution in [0.1, 0.15) is 45.5 Å². The smallest absolute Gasteiger partial charge is 0.303 e. The lowest BCUT2D eigenvalue weighted by Gasteiger charge is -2.33. The number of carbonyl (C=O) groups is 3. The van der Waals surface area contributed by atoms with Gasteiger partial charge in [-0.05, 0) is 55.5 Å². The minimum Gasteiger partial charge on any atom is -0.481 e. The summed E-state index contributed by atoms with van der Waals surface area (Å²) in [5.41, 5.74) is 0.798. The summed E-state index contributed by atoms with van der Waals surface area (Å²) in [5, 5.41) is 14.6. The molecule has 2 aromatic rings. The Morgan fingerprint density at radius 1 is 1.03 bits per heavy atom. The number of carbonyl (C=O) groups excluding carboxylic acids is 2. The number of hydrogen-bond donors (Lipinski definition) is 3. The summed E-state index contributed by atoms with van der Waals surface area (Å²) < 4.78 is 29.3. The maximum atomic E-state index is 14.7. The van der Waals surface area contributed by atoms with Crippen LogP contribution in [0.3, 0.4) is 0 Å². The van der Waals surface area contributed by atoms with Crippen LogP contribution in [0.4, 0.5) is 14.5 Å². The lowest BCUT2D eigenvalue weighted by atomic mass is 9.93. The Morgan fingerprint density at radius 3 is 2.29 bits per heavy atom. The van der Waals surface area contributed by atoms with Crippen molar-refractivity contribution in [2.45, 2.75) is 26.2 Å². The minimum absolute atomic E-state index is 0.0101. The number of carboxylic acid groups (broad SMARTS) is 1. The Morgan fingerprint density at radius 2 is 1.68 bits per heavy atom. The Balaban J connectivity index is 1.52. The maximum absolute atomic E-state index is 14.7. The fraction of sp³-hybridized carbons (Fsp3) is 0.375. The van der Waals surface area contributed by atoms with Crippen LogP contribution in [0.25, 0.3) is 0 Å². The molecule has 1 heterocycles. The molecule has 3 rings (SSSR count). The highest BCUT2D eigenvalue weighted by Gasteiger charge is 2.25. The number of piperidine rings is 1. The largest absolute Gasteiger partial charge is 0.481 e. The van der Waals surface area contributed by atoms with Gasteiger partial charge in [0, 0.05) is 49.3 Å². The zero-order chi connectivity index (χ0) is 24.8. The van der Waals surface area contributed by atoms with E-state index in [-0.39, 0.29) is 37.0 Å². The van der Waals surface area contributed by atoms with Crippen LogP contribution in [0.15, 0.2) is 30.3 Å². The third-order valence-corrected chi connectivity index (χ3v) is 6.24. The molecule has 34 heavy (non-hydrogen) atoms. The van der Waals surface area contributed by atoms with Crippen LogP contribution >= 0.6 is 11.6 Å². The zero-order valence-electron chi connectivity index (χ0n) is 18.7. The van der Waals surface area contributed by atoms with E-state index >= 15 is 0 Å². The van der Waals surface area contributed by atoms with Gasteiger partial charge in [-0.25, -0.2) is 8.78 Å². The highest BCUT2D eigenvalue weighted by atomic mass is 35.5. The summed E-state index contributed by atoms with van der Waals surface area (Å²) in [4.78, 5) is 37.0. The molecule has 0 unspecified atom stereocenters. The van der Waals surface area contributed by atoms with E-state index in [1.165, 1.54) is 0 Å². The first-order valence-corrected chi connectivity index (χ1v) is 11.3. The number of aliphatic carboxylic acids is 1. The average molecular weight is 494 g/mol. The Labute approximate surface area is 201 Å². The molecule has 7 nitrogen and oxygen atoms in total. The highest BCUT2D eigenvalue weighted by Crippen LogP contribution is 2.29. The quantitative estimate of drug-likeness (QED) is 0.486. The van der Waals surface area contributed by atoms with Crippen molar-refractivity contribution in [3.8, 4) is 0 Å². The molecule has 1 fully saturated rings. The third kappa shape index (κ3) is 6.44. The van der Waals surface area contributed by atoms with Crippen LogP contribution in [-0.4, -0.2) is 49.1 Å². The van der Waals surface area contributed by atoms with E-state index in [0.717, 1.165) is 17.7 Å². The van der Waals surface area contributed by atoms with Crippen LogP contribution in [0.5, 0.6) is 0 Å². The molecule has 10 heteroatoms. The molecule has 0 spiro atoms. The van der Waals surface area contributed by atoms with Crippen LogP contribution in [-0.2, 0) is 4.79 Å². The molecule has 2 aromatic carbocycles. The molecule has 0 bridgehead atoms. The van der Waals surface area contributed by atoms with Crippen LogP contribution in [0, 0.1) is 24.5 Å². The fourth-order valence-electron chi connectivity index (χ4n) is 3.91. The summed E-state index contributed by atoms with van der Waals surface area (Å²) >= 11 is 5.95. The van der Waals surface area contributed by atoms with Crippen LogP contribution < -0.4 is 15.5 Å². The Hall–Kier alpha value is -3.20.